The molecular formula is C27H34O3S. The van der Waals surface area contributed by atoms with Crippen LogP contribution in [0.15, 0.2) is 49.1 Å². The van der Waals surface area contributed by atoms with Gasteiger partial charge in [-0.2, -0.15) is 0 Å². The zero-order valence-corrected chi connectivity index (χ0v) is 19.4. The van der Waals surface area contributed by atoms with Crippen molar-refractivity contribution in [2.24, 2.45) is 5.92 Å². The first-order valence-electron chi connectivity index (χ1n) is 11.4. The zero-order chi connectivity index (χ0) is 21.9. The minimum absolute atomic E-state index is 0.221. The van der Waals surface area contributed by atoms with E-state index < -0.39 is 6.29 Å². The molecule has 0 aromatic heterocycles. The molecule has 1 aliphatic rings. The van der Waals surface area contributed by atoms with Gasteiger partial charge in [-0.3, -0.25) is 4.79 Å². The molecular weight excluding hydrogens is 404 g/mol. The maximum atomic E-state index is 12.0. The second-order valence-corrected chi connectivity index (χ2v) is 9.20. The van der Waals surface area contributed by atoms with Gasteiger partial charge in [0, 0.05) is 5.75 Å². The Balaban J connectivity index is 1.35. The van der Waals surface area contributed by atoms with Gasteiger partial charge in [-0.1, -0.05) is 81.2 Å². The Labute approximate surface area is 190 Å². The minimum atomic E-state index is -0.472. The van der Waals surface area contributed by atoms with E-state index in [0.717, 1.165) is 29.2 Å². The molecule has 4 heteroatoms. The number of carbonyl (C=O) groups is 1. The molecule has 0 aliphatic heterocycles. The van der Waals surface area contributed by atoms with Gasteiger partial charge in [0.15, 0.2) is 6.29 Å². The SMILES string of the molecule is C=Cc1cc2ccccc2cc1C=CCSCC(=O)OC(C)OCCC1CCCCC1. The van der Waals surface area contributed by atoms with E-state index in [2.05, 4.69) is 43.0 Å². The van der Waals surface area contributed by atoms with Gasteiger partial charge in [-0.05, 0) is 53.3 Å². The topological polar surface area (TPSA) is 35.5 Å². The van der Waals surface area contributed by atoms with Crippen LogP contribution in [0.4, 0.5) is 0 Å². The van der Waals surface area contributed by atoms with Crippen LogP contribution < -0.4 is 0 Å². The van der Waals surface area contributed by atoms with Crippen molar-refractivity contribution in [3.63, 3.8) is 0 Å². The lowest BCUT2D eigenvalue weighted by Crippen LogP contribution is -2.21. The number of rotatable bonds is 11. The van der Waals surface area contributed by atoms with E-state index in [4.69, 9.17) is 9.47 Å². The normalized spacial score (nSPS) is 15.9. The molecule has 1 fully saturated rings. The summed E-state index contributed by atoms with van der Waals surface area (Å²) in [6.45, 7) is 6.41. The fourth-order valence-electron chi connectivity index (χ4n) is 4.11. The van der Waals surface area contributed by atoms with E-state index in [9.17, 15) is 4.79 Å². The van der Waals surface area contributed by atoms with Gasteiger partial charge in [0.2, 0.25) is 0 Å². The van der Waals surface area contributed by atoms with Gasteiger partial charge in [0.25, 0.3) is 0 Å². The number of ether oxygens (including phenoxy) is 2. The summed E-state index contributed by atoms with van der Waals surface area (Å²) in [7, 11) is 0. The predicted molar refractivity (Wildman–Crippen MR) is 133 cm³/mol. The lowest BCUT2D eigenvalue weighted by atomic mass is 9.87. The summed E-state index contributed by atoms with van der Waals surface area (Å²) in [5.74, 6) is 1.63. The highest BCUT2D eigenvalue weighted by atomic mass is 32.2. The van der Waals surface area contributed by atoms with Crippen molar-refractivity contribution in [2.45, 2.75) is 51.7 Å². The van der Waals surface area contributed by atoms with Crippen LogP contribution in [0.25, 0.3) is 22.9 Å². The second kappa shape index (κ2) is 12.7. The van der Waals surface area contributed by atoms with Crippen LogP contribution in [0.1, 0.15) is 56.6 Å². The van der Waals surface area contributed by atoms with E-state index in [-0.39, 0.29) is 5.97 Å². The van der Waals surface area contributed by atoms with E-state index in [1.165, 1.54) is 42.9 Å². The highest BCUT2D eigenvalue weighted by Crippen LogP contribution is 2.26. The molecule has 0 amide bonds. The van der Waals surface area contributed by atoms with Gasteiger partial charge in [-0.15, -0.1) is 11.8 Å². The van der Waals surface area contributed by atoms with Gasteiger partial charge < -0.3 is 9.47 Å². The Morgan fingerprint density at radius 3 is 2.58 bits per heavy atom. The quantitative estimate of drug-likeness (QED) is 0.213. The lowest BCUT2D eigenvalue weighted by Gasteiger charge is -2.22. The van der Waals surface area contributed by atoms with Crippen LogP contribution in [-0.4, -0.2) is 30.4 Å². The number of fused-ring (bicyclic) bond motifs is 1. The average molecular weight is 439 g/mol. The Morgan fingerprint density at radius 2 is 1.87 bits per heavy atom. The highest BCUT2D eigenvalue weighted by Gasteiger charge is 2.15. The molecule has 1 aliphatic carbocycles. The van der Waals surface area contributed by atoms with Crippen molar-refractivity contribution in [2.75, 3.05) is 18.1 Å². The molecule has 0 saturated heterocycles. The highest BCUT2D eigenvalue weighted by molar-refractivity contribution is 8.00. The monoisotopic (exact) mass is 438 g/mol. The molecule has 3 rings (SSSR count). The molecule has 31 heavy (non-hydrogen) atoms. The fraction of sp³-hybridized carbons (Fsp3) is 0.444. The molecule has 1 atom stereocenters. The molecule has 2 aromatic carbocycles. The lowest BCUT2D eigenvalue weighted by molar-refractivity contribution is -0.172. The fourth-order valence-corrected chi connectivity index (χ4v) is 4.70. The maximum Gasteiger partial charge on any atom is 0.318 e. The van der Waals surface area contributed by atoms with Crippen LogP contribution in [0, 0.1) is 5.92 Å². The van der Waals surface area contributed by atoms with E-state index in [1.807, 2.05) is 18.2 Å². The first-order chi connectivity index (χ1) is 15.2. The van der Waals surface area contributed by atoms with Crippen molar-refractivity contribution in [1.82, 2.24) is 0 Å². The average Bonchev–Trinajstić information content (AvgIpc) is 2.79. The third-order valence-corrected chi connectivity index (χ3v) is 6.67. The van der Waals surface area contributed by atoms with E-state index in [0.29, 0.717) is 12.4 Å². The smallest absolute Gasteiger partial charge is 0.318 e. The van der Waals surface area contributed by atoms with Crippen LogP contribution in [0.3, 0.4) is 0 Å². The van der Waals surface area contributed by atoms with Crippen LogP contribution in [0.5, 0.6) is 0 Å². The number of thioether (sulfide) groups is 1. The van der Waals surface area contributed by atoms with Crippen LogP contribution >= 0.6 is 11.8 Å². The minimum Gasteiger partial charge on any atom is -0.435 e. The summed E-state index contributed by atoms with van der Waals surface area (Å²) < 4.78 is 11.1. The third-order valence-electron chi connectivity index (χ3n) is 5.80. The molecule has 0 bridgehead atoms. The Kier molecular flexibility index (Phi) is 9.70. The first-order valence-corrected chi connectivity index (χ1v) is 12.5. The van der Waals surface area contributed by atoms with Crippen molar-refractivity contribution < 1.29 is 14.3 Å². The molecule has 0 spiro atoms. The number of benzene rings is 2. The third kappa shape index (κ3) is 7.86. The van der Waals surface area contributed by atoms with Crippen molar-refractivity contribution in [1.29, 1.82) is 0 Å². The molecule has 2 aromatic rings. The van der Waals surface area contributed by atoms with Gasteiger partial charge in [0.1, 0.15) is 0 Å². The molecule has 166 valence electrons. The second-order valence-electron chi connectivity index (χ2n) is 8.17. The molecule has 1 unspecified atom stereocenters. The first kappa shape index (κ1) is 23.6. The van der Waals surface area contributed by atoms with Gasteiger partial charge in [0.05, 0.1) is 12.4 Å². The summed E-state index contributed by atoms with van der Waals surface area (Å²) in [6, 6.07) is 12.6. The molecule has 0 radical (unpaired) electrons. The largest absolute Gasteiger partial charge is 0.435 e. The Morgan fingerprint density at radius 1 is 1.16 bits per heavy atom. The predicted octanol–water partition coefficient (Wildman–Crippen LogP) is 7.11. The van der Waals surface area contributed by atoms with Crippen molar-refractivity contribution in [3.05, 3.63) is 60.2 Å². The van der Waals surface area contributed by atoms with Crippen molar-refractivity contribution in [3.8, 4) is 0 Å². The van der Waals surface area contributed by atoms with Crippen LogP contribution in [-0.2, 0) is 14.3 Å². The summed E-state index contributed by atoms with van der Waals surface area (Å²) >= 11 is 1.54. The van der Waals surface area contributed by atoms with Gasteiger partial charge >= 0.3 is 5.97 Å². The number of esters is 1. The summed E-state index contributed by atoms with van der Waals surface area (Å²) in [6.07, 6.45) is 13.3. The Hall–Kier alpha value is -2.04. The van der Waals surface area contributed by atoms with E-state index in [1.54, 1.807) is 18.7 Å². The number of carbonyl (C=O) groups excluding carboxylic acids is 1. The van der Waals surface area contributed by atoms with Crippen LogP contribution in [0.2, 0.25) is 0 Å². The van der Waals surface area contributed by atoms with E-state index >= 15 is 0 Å². The Bertz CT molecular complexity index is 883. The summed E-state index contributed by atoms with van der Waals surface area (Å²) in [5, 5.41) is 2.42. The number of hydrogen-bond donors (Lipinski definition) is 0. The summed E-state index contributed by atoms with van der Waals surface area (Å²) in [5.41, 5.74) is 2.25. The summed E-state index contributed by atoms with van der Waals surface area (Å²) in [4.78, 5) is 12.0. The zero-order valence-electron chi connectivity index (χ0n) is 18.6. The van der Waals surface area contributed by atoms with Crippen molar-refractivity contribution >= 4 is 40.7 Å². The molecule has 1 saturated carbocycles. The molecule has 0 heterocycles. The van der Waals surface area contributed by atoms with Gasteiger partial charge in [-0.25, -0.2) is 0 Å². The maximum absolute atomic E-state index is 12.0. The standard InChI is InChI=1S/C27H34O3S/c1-3-23-18-25-12-7-8-13-26(25)19-24(23)14-9-17-31-20-27(28)30-21(2)29-16-15-22-10-5-4-6-11-22/h3,7-9,12-14,18-19,21-22H,1,4-6,10-11,15-17,20H2,2H3. The number of hydrogen-bond acceptors (Lipinski definition) is 4. The molecule has 3 nitrogen and oxygen atoms in total. The molecule has 0 N–H and O–H groups in total.